The fourth-order valence-corrected chi connectivity index (χ4v) is 2.05. The monoisotopic (exact) mass is 304 g/mol. The van der Waals surface area contributed by atoms with Crippen molar-refractivity contribution in [1.82, 2.24) is 19.7 Å². The van der Waals surface area contributed by atoms with Gasteiger partial charge in [-0.1, -0.05) is 11.6 Å². The Labute approximate surface area is 123 Å². The standard InChI is InChI=1S/C13H9ClN4O3/c1-18-11-9(5-17-18)12(16-6-15-11)21-10-4-7(14)2-3-8(10)13(19)20/h2-6H,1H3,(H,19,20). The van der Waals surface area contributed by atoms with Gasteiger partial charge in [0.1, 0.15) is 23.0 Å². The van der Waals surface area contributed by atoms with E-state index in [0.29, 0.717) is 16.1 Å². The summed E-state index contributed by atoms with van der Waals surface area (Å²) in [7, 11) is 1.74. The SMILES string of the molecule is Cn1ncc2c(Oc3cc(Cl)ccc3C(=O)O)ncnc21. The second kappa shape index (κ2) is 5.02. The van der Waals surface area contributed by atoms with Crippen LogP contribution in [-0.4, -0.2) is 30.8 Å². The van der Waals surface area contributed by atoms with Gasteiger partial charge in [-0.25, -0.2) is 14.8 Å². The number of hydrogen-bond donors (Lipinski definition) is 1. The number of carboxylic acids is 1. The average Bonchev–Trinajstić information content (AvgIpc) is 2.82. The van der Waals surface area contributed by atoms with E-state index in [4.69, 9.17) is 16.3 Å². The molecule has 0 saturated heterocycles. The normalized spacial score (nSPS) is 10.8. The zero-order valence-electron chi connectivity index (χ0n) is 10.8. The third-order valence-corrected chi connectivity index (χ3v) is 3.11. The lowest BCUT2D eigenvalue weighted by Crippen LogP contribution is -2.01. The van der Waals surface area contributed by atoms with Gasteiger partial charge >= 0.3 is 5.97 Å². The quantitative estimate of drug-likeness (QED) is 0.799. The molecular weight excluding hydrogens is 296 g/mol. The Bertz CT molecular complexity index is 847. The molecule has 0 amide bonds. The summed E-state index contributed by atoms with van der Waals surface area (Å²) < 4.78 is 7.18. The molecule has 7 nitrogen and oxygen atoms in total. The molecule has 0 aliphatic heterocycles. The van der Waals surface area contributed by atoms with Crippen molar-refractivity contribution in [1.29, 1.82) is 0 Å². The molecule has 8 heteroatoms. The molecule has 3 rings (SSSR count). The highest BCUT2D eigenvalue weighted by molar-refractivity contribution is 6.30. The minimum atomic E-state index is -1.11. The molecule has 0 bridgehead atoms. The molecule has 0 spiro atoms. The van der Waals surface area contributed by atoms with Gasteiger partial charge in [-0.2, -0.15) is 5.10 Å². The fraction of sp³-hybridized carbons (Fsp3) is 0.0769. The van der Waals surface area contributed by atoms with E-state index in [0.717, 1.165) is 0 Å². The lowest BCUT2D eigenvalue weighted by atomic mass is 10.2. The Hall–Kier alpha value is -2.67. The van der Waals surface area contributed by atoms with E-state index in [1.54, 1.807) is 17.9 Å². The first-order valence-electron chi connectivity index (χ1n) is 5.89. The van der Waals surface area contributed by atoms with Crippen LogP contribution in [0.2, 0.25) is 5.02 Å². The number of carbonyl (C=O) groups is 1. The first kappa shape index (κ1) is 13.3. The van der Waals surface area contributed by atoms with E-state index < -0.39 is 5.97 Å². The van der Waals surface area contributed by atoms with Crippen LogP contribution in [0.4, 0.5) is 0 Å². The number of fused-ring (bicyclic) bond motifs is 1. The third kappa shape index (κ3) is 2.38. The van der Waals surface area contributed by atoms with Gasteiger partial charge < -0.3 is 9.84 Å². The number of benzene rings is 1. The summed E-state index contributed by atoms with van der Waals surface area (Å²) in [6, 6.07) is 4.29. The van der Waals surface area contributed by atoms with Gasteiger partial charge in [0, 0.05) is 18.1 Å². The molecular formula is C13H9ClN4O3. The Balaban J connectivity index is 2.10. The van der Waals surface area contributed by atoms with Crippen LogP contribution >= 0.6 is 11.6 Å². The van der Waals surface area contributed by atoms with Crippen LogP contribution in [0, 0.1) is 0 Å². The molecule has 0 atom stereocenters. The van der Waals surface area contributed by atoms with Gasteiger partial charge in [0.15, 0.2) is 5.65 Å². The van der Waals surface area contributed by atoms with Crippen LogP contribution in [0.1, 0.15) is 10.4 Å². The van der Waals surface area contributed by atoms with Gasteiger partial charge in [0.2, 0.25) is 5.88 Å². The minimum absolute atomic E-state index is 0.00458. The van der Waals surface area contributed by atoms with Crippen LogP contribution in [-0.2, 0) is 7.05 Å². The molecule has 2 heterocycles. The molecule has 0 fully saturated rings. The fourth-order valence-electron chi connectivity index (χ4n) is 1.88. The maximum atomic E-state index is 11.2. The van der Waals surface area contributed by atoms with Crippen LogP contribution in [0.5, 0.6) is 11.6 Å². The summed E-state index contributed by atoms with van der Waals surface area (Å²) in [6.07, 6.45) is 2.87. The molecule has 0 unspecified atom stereocenters. The number of aromatic nitrogens is 4. The number of hydrogen-bond acceptors (Lipinski definition) is 5. The Kier molecular flexibility index (Phi) is 3.19. The molecule has 1 N–H and O–H groups in total. The van der Waals surface area contributed by atoms with Gasteiger partial charge in [-0.15, -0.1) is 0 Å². The van der Waals surface area contributed by atoms with E-state index in [1.165, 1.54) is 24.5 Å². The van der Waals surface area contributed by atoms with E-state index >= 15 is 0 Å². The zero-order chi connectivity index (χ0) is 15.0. The lowest BCUT2D eigenvalue weighted by Gasteiger charge is -2.08. The third-order valence-electron chi connectivity index (χ3n) is 2.87. The first-order valence-corrected chi connectivity index (χ1v) is 6.27. The molecule has 106 valence electrons. The second-order valence-corrected chi connectivity index (χ2v) is 4.67. The second-order valence-electron chi connectivity index (χ2n) is 4.23. The van der Waals surface area contributed by atoms with Gasteiger partial charge in [0.25, 0.3) is 0 Å². The minimum Gasteiger partial charge on any atom is -0.478 e. The number of carboxylic acid groups (broad SMARTS) is 1. The maximum Gasteiger partial charge on any atom is 0.339 e. The molecule has 2 aromatic heterocycles. The number of ether oxygens (including phenoxy) is 1. The van der Waals surface area contributed by atoms with Gasteiger partial charge in [-0.3, -0.25) is 4.68 Å². The zero-order valence-corrected chi connectivity index (χ0v) is 11.6. The molecule has 21 heavy (non-hydrogen) atoms. The van der Waals surface area contributed by atoms with Crippen molar-refractivity contribution in [2.45, 2.75) is 0 Å². The first-order chi connectivity index (χ1) is 10.1. The van der Waals surface area contributed by atoms with Crippen molar-refractivity contribution >= 4 is 28.6 Å². The summed E-state index contributed by atoms with van der Waals surface area (Å²) in [5.41, 5.74) is 0.578. The van der Waals surface area contributed by atoms with Crippen molar-refractivity contribution in [3.8, 4) is 11.6 Å². The summed E-state index contributed by atoms with van der Waals surface area (Å²) >= 11 is 5.89. The summed E-state index contributed by atoms with van der Waals surface area (Å²) in [6.45, 7) is 0. The van der Waals surface area contributed by atoms with Crippen molar-refractivity contribution in [3.05, 3.63) is 41.3 Å². The molecule has 1 aromatic carbocycles. The average molecular weight is 305 g/mol. The smallest absolute Gasteiger partial charge is 0.339 e. The summed E-state index contributed by atoms with van der Waals surface area (Å²) in [5.74, 6) is -0.783. The molecule has 0 saturated carbocycles. The number of nitrogens with zero attached hydrogens (tertiary/aromatic N) is 4. The van der Waals surface area contributed by atoms with E-state index in [1.807, 2.05) is 0 Å². The van der Waals surface area contributed by atoms with Crippen molar-refractivity contribution in [2.75, 3.05) is 0 Å². The highest BCUT2D eigenvalue weighted by Gasteiger charge is 2.16. The van der Waals surface area contributed by atoms with Crippen molar-refractivity contribution < 1.29 is 14.6 Å². The largest absolute Gasteiger partial charge is 0.478 e. The highest BCUT2D eigenvalue weighted by atomic mass is 35.5. The molecule has 3 aromatic rings. The number of aryl methyl sites for hydroxylation is 1. The van der Waals surface area contributed by atoms with Crippen LogP contribution in [0.25, 0.3) is 11.0 Å². The molecule has 0 aliphatic rings. The van der Waals surface area contributed by atoms with Crippen LogP contribution in [0.3, 0.4) is 0 Å². The summed E-state index contributed by atoms with van der Waals surface area (Å²) in [5, 5.41) is 14.2. The van der Waals surface area contributed by atoms with Crippen molar-refractivity contribution in [2.24, 2.45) is 7.05 Å². The molecule has 0 radical (unpaired) electrons. The van der Waals surface area contributed by atoms with Crippen LogP contribution in [0.15, 0.2) is 30.7 Å². The Morgan fingerprint density at radius 1 is 1.38 bits per heavy atom. The number of rotatable bonds is 3. The Morgan fingerprint density at radius 2 is 2.19 bits per heavy atom. The lowest BCUT2D eigenvalue weighted by molar-refractivity contribution is 0.0694. The van der Waals surface area contributed by atoms with Gasteiger partial charge in [0.05, 0.1) is 6.20 Å². The van der Waals surface area contributed by atoms with Gasteiger partial charge in [-0.05, 0) is 12.1 Å². The topological polar surface area (TPSA) is 90.1 Å². The summed E-state index contributed by atoms with van der Waals surface area (Å²) in [4.78, 5) is 19.3. The highest BCUT2D eigenvalue weighted by Crippen LogP contribution is 2.30. The Morgan fingerprint density at radius 3 is 2.95 bits per heavy atom. The number of halogens is 1. The predicted molar refractivity (Wildman–Crippen MR) is 74.8 cm³/mol. The van der Waals surface area contributed by atoms with E-state index in [2.05, 4.69) is 15.1 Å². The predicted octanol–water partition coefficient (Wildman–Crippen LogP) is 2.51. The van der Waals surface area contributed by atoms with E-state index in [9.17, 15) is 9.90 Å². The van der Waals surface area contributed by atoms with Crippen LogP contribution < -0.4 is 4.74 Å². The van der Waals surface area contributed by atoms with E-state index in [-0.39, 0.29) is 17.2 Å². The molecule has 0 aliphatic carbocycles. The maximum absolute atomic E-state index is 11.2. The van der Waals surface area contributed by atoms with Crippen molar-refractivity contribution in [3.63, 3.8) is 0 Å². The number of aromatic carboxylic acids is 1.